The van der Waals surface area contributed by atoms with Gasteiger partial charge in [0.25, 0.3) is 0 Å². The minimum atomic E-state index is -0.433. The third-order valence-electron chi connectivity index (χ3n) is 2.94. The van der Waals surface area contributed by atoms with Crippen LogP contribution >= 0.6 is 0 Å². The van der Waals surface area contributed by atoms with Crippen LogP contribution in [-0.2, 0) is 12.8 Å². The third-order valence-corrected chi connectivity index (χ3v) is 2.94. The van der Waals surface area contributed by atoms with Gasteiger partial charge in [-0.15, -0.1) is 0 Å². The quantitative estimate of drug-likeness (QED) is 0.875. The van der Waals surface area contributed by atoms with Crippen LogP contribution in [-0.4, -0.2) is 11.2 Å². The lowest BCUT2D eigenvalue weighted by Crippen LogP contribution is -2.13. The van der Waals surface area contributed by atoms with Gasteiger partial charge >= 0.3 is 0 Å². The monoisotopic (exact) mass is 244 g/mol. The fourth-order valence-electron chi connectivity index (χ4n) is 2.08. The first-order chi connectivity index (χ1) is 8.63. The van der Waals surface area contributed by atoms with Crippen molar-refractivity contribution in [2.45, 2.75) is 25.9 Å². The number of hydrogen-bond acceptors (Lipinski definition) is 1. The summed E-state index contributed by atoms with van der Waals surface area (Å²) in [5.74, 6) is -0.244. The summed E-state index contributed by atoms with van der Waals surface area (Å²) in [6, 6.07) is 14.4. The second-order valence-electron chi connectivity index (χ2n) is 4.68. The smallest absolute Gasteiger partial charge is 0.123 e. The summed E-state index contributed by atoms with van der Waals surface area (Å²) in [6.07, 6.45) is 0.741. The van der Waals surface area contributed by atoms with E-state index in [9.17, 15) is 9.50 Å². The van der Waals surface area contributed by atoms with Crippen molar-refractivity contribution in [2.24, 2.45) is 0 Å². The molecule has 0 fully saturated rings. The molecule has 0 aliphatic rings. The van der Waals surface area contributed by atoms with E-state index < -0.39 is 6.10 Å². The topological polar surface area (TPSA) is 20.2 Å². The van der Waals surface area contributed by atoms with Crippen molar-refractivity contribution in [1.29, 1.82) is 0 Å². The molecule has 0 spiro atoms. The van der Waals surface area contributed by atoms with Crippen LogP contribution in [0.4, 0.5) is 4.39 Å². The van der Waals surface area contributed by atoms with Crippen LogP contribution in [0.2, 0.25) is 0 Å². The highest BCUT2D eigenvalue weighted by Crippen LogP contribution is 2.11. The van der Waals surface area contributed by atoms with E-state index in [2.05, 4.69) is 6.07 Å². The van der Waals surface area contributed by atoms with E-state index in [1.165, 1.54) is 17.7 Å². The minimum absolute atomic E-state index is 0.244. The Balaban J connectivity index is 1.96. The molecule has 0 bridgehead atoms. The molecule has 0 amide bonds. The number of aryl methyl sites for hydroxylation is 1. The van der Waals surface area contributed by atoms with E-state index in [1.54, 1.807) is 12.1 Å². The Bertz CT molecular complexity index is 505. The second-order valence-corrected chi connectivity index (χ2v) is 4.68. The molecule has 2 rings (SSSR count). The van der Waals surface area contributed by atoms with Crippen molar-refractivity contribution in [2.75, 3.05) is 0 Å². The zero-order chi connectivity index (χ0) is 13.0. The average Bonchev–Trinajstić information content (AvgIpc) is 2.32. The predicted molar refractivity (Wildman–Crippen MR) is 71.0 cm³/mol. The van der Waals surface area contributed by atoms with Gasteiger partial charge in [-0.3, -0.25) is 0 Å². The number of hydrogen-bond donors (Lipinski definition) is 1. The molecule has 0 aromatic heterocycles. The van der Waals surface area contributed by atoms with Crippen LogP contribution in [0.1, 0.15) is 16.7 Å². The Labute approximate surface area is 107 Å². The highest BCUT2D eigenvalue weighted by atomic mass is 19.1. The molecule has 0 saturated heterocycles. The maximum atomic E-state index is 12.8. The van der Waals surface area contributed by atoms with E-state index in [0.717, 1.165) is 11.1 Å². The second kappa shape index (κ2) is 5.78. The van der Waals surface area contributed by atoms with Crippen LogP contribution in [0.25, 0.3) is 0 Å². The Morgan fingerprint density at radius 2 is 1.67 bits per heavy atom. The fourth-order valence-corrected chi connectivity index (χ4v) is 2.08. The summed E-state index contributed by atoms with van der Waals surface area (Å²) >= 11 is 0. The standard InChI is InChI=1S/C16H17FO/c1-12-3-2-4-14(9-12)11-16(18)10-13-5-7-15(17)8-6-13/h2-9,16,18H,10-11H2,1H3. The van der Waals surface area contributed by atoms with Crippen molar-refractivity contribution in [3.8, 4) is 0 Å². The summed E-state index contributed by atoms with van der Waals surface area (Å²) in [7, 11) is 0. The summed E-state index contributed by atoms with van der Waals surface area (Å²) in [5, 5.41) is 10.0. The number of rotatable bonds is 4. The van der Waals surface area contributed by atoms with Crippen molar-refractivity contribution in [1.82, 2.24) is 0 Å². The Kier molecular flexibility index (Phi) is 4.11. The SMILES string of the molecule is Cc1cccc(CC(O)Cc2ccc(F)cc2)c1. The molecule has 1 N–H and O–H groups in total. The van der Waals surface area contributed by atoms with Crippen molar-refractivity contribution >= 4 is 0 Å². The minimum Gasteiger partial charge on any atom is -0.392 e. The van der Waals surface area contributed by atoms with E-state index in [1.807, 2.05) is 25.1 Å². The molecule has 0 aliphatic heterocycles. The van der Waals surface area contributed by atoms with Gasteiger partial charge in [0.15, 0.2) is 0 Å². The van der Waals surface area contributed by atoms with Gasteiger partial charge in [0.05, 0.1) is 6.10 Å². The molecule has 0 radical (unpaired) electrons. The van der Waals surface area contributed by atoms with Crippen molar-refractivity contribution < 1.29 is 9.50 Å². The van der Waals surface area contributed by atoms with E-state index in [-0.39, 0.29) is 5.82 Å². The zero-order valence-electron chi connectivity index (χ0n) is 10.4. The van der Waals surface area contributed by atoms with Gasteiger partial charge in [0.1, 0.15) is 5.82 Å². The molecule has 0 aliphatic carbocycles. The first kappa shape index (κ1) is 12.8. The van der Waals surface area contributed by atoms with Crippen LogP contribution in [0.5, 0.6) is 0 Å². The molecule has 1 nitrogen and oxygen atoms in total. The van der Waals surface area contributed by atoms with Gasteiger partial charge in [-0.25, -0.2) is 4.39 Å². The van der Waals surface area contributed by atoms with Gasteiger partial charge in [-0.05, 0) is 43.0 Å². The van der Waals surface area contributed by atoms with Crippen molar-refractivity contribution in [3.63, 3.8) is 0 Å². The van der Waals surface area contributed by atoms with Gasteiger partial charge < -0.3 is 5.11 Å². The number of aliphatic hydroxyl groups excluding tert-OH is 1. The molecule has 1 unspecified atom stereocenters. The molecule has 18 heavy (non-hydrogen) atoms. The molecule has 0 heterocycles. The Hall–Kier alpha value is -1.67. The normalized spacial score (nSPS) is 12.4. The Morgan fingerprint density at radius 1 is 1.00 bits per heavy atom. The summed E-state index contributed by atoms with van der Waals surface area (Å²) in [4.78, 5) is 0. The van der Waals surface area contributed by atoms with Crippen LogP contribution in [0.3, 0.4) is 0 Å². The molecule has 2 heteroatoms. The predicted octanol–water partition coefficient (Wildman–Crippen LogP) is 3.28. The van der Waals surface area contributed by atoms with Gasteiger partial charge in [0, 0.05) is 0 Å². The van der Waals surface area contributed by atoms with E-state index >= 15 is 0 Å². The summed E-state index contributed by atoms with van der Waals surface area (Å²) in [5.41, 5.74) is 3.28. The lowest BCUT2D eigenvalue weighted by Gasteiger charge is -2.11. The highest BCUT2D eigenvalue weighted by molar-refractivity contribution is 5.23. The zero-order valence-corrected chi connectivity index (χ0v) is 10.4. The Morgan fingerprint density at radius 3 is 2.33 bits per heavy atom. The van der Waals surface area contributed by atoms with Crippen LogP contribution in [0.15, 0.2) is 48.5 Å². The van der Waals surface area contributed by atoms with Crippen LogP contribution < -0.4 is 0 Å². The van der Waals surface area contributed by atoms with E-state index in [0.29, 0.717) is 12.8 Å². The lowest BCUT2D eigenvalue weighted by atomic mass is 10.0. The molecule has 1 atom stereocenters. The number of aliphatic hydroxyl groups is 1. The maximum absolute atomic E-state index is 12.8. The lowest BCUT2D eigenvalue weighted by molar-refractivity contribution is 0.175. The molecular formula is C16H17FO. The molecule has 2 aromatic rings. The molecule has 0 saturated carbocycles. The largest absolute Gasteiger partial charge is 0.392 e. The molecular weight excluding hydrogens is 227 g/mol. The fraction of sp³-hybridized carbons (Fsp3) is 0.250. The summed E-state index contributed by atoms with van der Waals surface area (Å²) < 4.78 is 12.8. The highest BCUT2D eigenvalue weighted by Gasteiger charge is 2.07. The maximum Gasteiger partial charge on any atom is 0.123 e. The molecule has 2 aromatic carbocycles. The van der Waals surface area contributed by atoms with Gasteiger partial charge in [0.2, 0.25) is 0 Å². The van der Waals surface area contributed by atoms with Gasteiger partial charge in [-0.1, -0.05) is 42.0 Å². The summed E-state index contributed by atoms with van der Waals surface area (Å²) in [6.45, 7) is 2.04. The van der Waals surface area contributed by atoms with E-state index in [4.69, 9.17) is 0 Å². The molecule has 94 valence electrons. The first-order valence-electron chi connectivity index (χ1n) is 6.11. The van der Waals surface area contributed by atoms with Gasteiger partial charge in [-0.2, -0.15) is 0 Å². The third kappa shape index (κ3) is 3.67. The van der Waals surface area contributed by atoms with Crippen molar-refractivity contribution in [3.05, 3.63) is 71.0 Å². The average molecular weight is 244 g/mol. The number of benzene rings is 2. The van der Waals surface area contributed by atoms with Crippen LogP contribution in [0, 0.1) is 12.7 Å². The number of halogens is 1. The first-order valence-corrected chi connectivity index (χ1v) is 6.11.